The van der Waals surface area contributed by atoms with Gasteiger partial charge in [-0.1, -0.05) is 37.6 Å². The Bertz CT molecular complexity index is 473. The molecule has 0 aliphatic rings. The van der Waals surface area contributed by atoms with Crippen molar-refractivity contribution in [1.82, 2.24) is 20.3 Å². The van der Waals surface area contributed by atoms with Gasteiger partial charge in [0.1, 0.15) is 0 Å². The summed E-state index contributed by atoms with van der Waals surface area (Å²) in [5, 5.41) is 11.5. The molecule has 0 saturated carbocycles. The number of nitrogens with one attached hydrogen (secondary N) is 1. The second kappa shape index (κ2) is 6.31. The van der Waals surface area contributed by atoms with Crippen molar-refractivity contribution in [3.05, 3.63) is 41.7 Å². The Balaban J connectivity index is 2.08. The van der Waals surface area contributed by atoms with E-state index in [0.29, 0.717) is 0 Å². The van der Waals surface area contributed by atoms with Gasteiger partial charge in [-0.3, -0.25) is 0 Å². The topological polar surface area (TPSA) is 42.7 Å². The second-order valence-electron chi connectivity index (χ2n) is 4.35. The van der Waals surface area contributed by atoms with Crippen LogP contribution in [0.3, 0.4) is 0 Å². The fourth-order valence-corrected chi connectivity index (χ4v) is 1.86. The van der Waals surface area contributed by atoms with Crippen molar-refractivity contribution in [2.24, 2.45) is 0 Å². The molecule has 2 rings (SSSR count). The minimum atomic E-state index is 0.768. The second-order valence-corrected chi connectivity index (χ2v) is 4.35. The highest BCUT2D eigenvalue weighted by molar-refractivity contribution is 5.33. The summed E-state index contributed by atoms with van der Waals surface area (Å²) in [7, 11) is 0. The van der Waals surface area contributed by atoms with E-state index in [1.54, 1.807) is 0 Å². The number of aryl methyl sites for hydroxylation is 1. The van der Waals surface area contributed by atoms with E-state index in [4.69, 9.17) is 0 Å². The summed E-state index contributed by atoms with van der Waals surface area (Å²) in [5.41, 5.74) is 3.40. The molecule has 0 spiro atoms. The van der Waals surface area contributed by atoms with E-state index in [-0.39, 0.29) is 0 Å². The van der Waals surface area contributed by atoms with Crippen LogP contribution in [-0.2, 0) is 13.0 Å². The summed E-state index contributed by atoms with van der Waals surface area (Å²) in [4.78, 5) is 0. The molecule has 0 radical (unpaired) electrons. The van der Waals surface area contributed by atoms with Gasteiger partial charge in [0, 0.05) is 6.54 Å². The average molecular weight is 244 g/mol. The van der Waals surface area contributed by atoms with E-state index < -0.39 is 0 Å². The maximum Gasteiger partial charge on any atom is 0.0969 e. The molecule has 0 saturated heterocycles. The minimum absolute atomic E-state index is 0.768. The highest BCUT2D eigenvalue weighted by atomic mass is 15.4. The maximum absolute atomic E-state index is 4.14. The van der Waals surface area contributed by atoms with Crippen LogP contribution in [-0.4, -0.2) is 21.5 Å². The third-order valence-corrected chi connectivity index (χ3v) is 2.84. The number of hydrogen-bond acceptors (Lipinski definition) is 3. The Labute approximate surface area is 108 Å². The average Bonchev–Trinajstić information content (AvgIpc) is 2.86. The molecule has 0 atom stereocenters. The van der Waals surface area contributed by atoms with Crippen molar-refractivity contribution in [2.75, 3.05) is 6.54 Å². The van der Waals surface area contributed by atoms with Gasteiger partial charge in [-0.2, -0.15) is 0 Å². The summed E-state index contributed by atoms with van der Waals surface area (Å²) >= 11 is 0. The van der Waals surface area contributed by atoms with Crippen molar-refractivity contribution < 1.29 is 0 Å². The van der Waals surface area contributed by atoms with Crippen molar-refractivity contribution >= 4 is 0 Å². The number of aromatic nitrogens is 3. The van der Waals surface area contributed by atoms with E-state index in [1.807, 2.05) is 10.9 Å². The van der Waals surface area contributed by atoms with Crippen molar-refractivity contribution in [2.45, 2.75) is 33.2 Å². The quantitative estimate of drug-likeness (QED) is 0.848. The van der Waals surface area contributed by atoms with Gasteiger partial charge in [0.15, 0.2) is 0 Å². The Morgan fingerprint density at radius 1 is 1.17 bits per heavy atom. The van der Waals surface area contributed by atoms with Crippen LogP contribution in [0.1, 0.15) is 31.5 Å². The molecular weight excluding hydrogens is 224 g/mol. The van der Waals surface area contributed by atoms with Crippen LogP contribution in [0.2, 0.25) is 0 Å². The van der Waals surface area contributed by atoms with Crippen LogP contribution in [0.5, 0.6) is 0 Å². The minimum Gasteiger partial charge on any atom is -0.311 e. The summed E-state index contributed by atoms with van der Waals surface area (Å²) in [6.45, 7) is 5.98. The zero-order valence-electron chi connectivity index (χ0n) is 11.1. The lowest BCUT2D eigenvalue weighted by Crippen LogP contribution is -2.11. The Hall–Kier alpha value is -1.68. The van der Waals surface area contributed by atoms with E-state index in [2.05, 4.69) is 53.7 Å². The van der Waals surface area contributed by atoms with Crippen molar-refractivity contribution in [3.63, 3.8) is 0 Å². The molecule has 4 heteroatoms. The van der Waals surface area contributed by atoms with Gasteiger partial charge >= 0.3 is 0 Å². The third-order valence-electron chi connectivity index (χ3n) is 2.84. The molecule has 0 unspecified atom stereocenters. The molecule has 0 fully saturated rings. The van der Waals surface area contributed by atoms with Gasteiger partial charge in [0.2, 0.25) is 0 Å². The zero-order chi connectivity index (χ0) is 12.8. The first-order chi connectivity index (χ1) is 8.83. The molecule has 2 aromatic rings. The van der Waals surface area contributed by atoms with Crippen molar-refractivity contribution in [3.8, 4) is 5.69 Å². The third kappa shape index (κ3) is 3.17. The standard InChI is InChI=1S/C14H20N4/c1-3-5-12-6-8-14(9-7-12)18-11-13(16-17-18)10-15-4-2/h6-9,11,15H,3-5,10H2,1-2H3. The highest BCUT2D eigenvalue weighted by Gasteiger charge is 2.02. The SMILES string of the molecule is CCCc1ccc(-n2cc(CNCC)nn2)cc1. The summed E-state index contributed by atoms with van der Waals surface area (Å²) in [5.74, 6) is 0. The largest absolute Gasteiger partial charge is 0.311 e. The monoisotopic (exact) mass is 244 g/mol. The van der Waals surface area contributed by atoms with Gasteiger partial charge in [-0.05, 0) is 30.7 Å². The molecule has 0 aliphatic heterocycles. The van der Waals surface area contributed by atoms with Crippen LogP contribution in [0.4, 0.5) is 0 Å². The van der Waals surface area contributed by atoms with Crippen LogP contribution < -0.4 is 5.32 Å². The van der Waals surface area contributed by atoms with Gasteiger partial charge < -0.3 is 5.32 Å². The number of benzene rings is 1. The van der Waals surface area contributed by atoms with E-state index in [0.717, 1.165) is 30.9 Å². The number of nitrogens with zero attached hydrogens (tertiary/aromatic N) is 3. The molecule has 1 aromatic carbocycles. The van der Waals surface area contributed by atoms with Crippen LogP contribution >= 0.6 is 0 Å². The van der Waals surface area contributed by atoms with Crippen molar-refractivity contribution in [1.29, 1.82) is 0 Å². The Morgan fingerprint density at radius 2 is 1.94 bits per heavy atom. The fourth-order valence-electron chi connectivity index (χ4n) is 1.86. The van der Waals surface area contributed by atoms with E-state index in [1.165, 1.54) is 12.0 Å². The lowest BCUT2D eigenvalue weighted by molar-refractivity contribution is 0.705. The van der Waals surface area contributed by atoms with E-state index in [9.17, 15) is 0 Å². The highest BCUT2D eigenvalue weighted by Crippen LogP contribution is 2.10. The first kappa shape index (κ1) is 12.8. The van der Waals surface area contributed by atoms with E-state index >= 15 is 0 Å². The molecule has 1 heterocycles. The molecule has 0 aliphatic carbocycles. The summed E-state index contributed by atoms with van der Waals surface area (Å²) in [6, 6.07) is 8.50. The maximum atomic E-state index is 4.14. The first-order valence-electron chi connectivity index (χ1n) is 6.54. The number of hydrogen-bond donors (Lipinski definition) is 1. The smallest absolute Gasteiger partial charge is 0.0969 e. The summed E-state index contributed by atoms with van der Waals surface area (Å²) < 4.78 is 1.82. The molecule has 1 N–H and O–H groups in total. The summed E-state index contributed by atoms with van der Waals surface area (Å²) in [6.07, 6.45) is 4.27. The van der Waals surface area contributed by atoms with Gasteiger partial charge in [-0.25, -0.2) is 4.68 Å². The molecule has 0 amide bonds. The Kier molecular flexibility index (Phi) is 4.47. The predicted molar refractivity (Wildman–Crippen MR) is 72.7 cm³/mol. The molecular formula is C14H20N4. The van der Waals surface area contributed by atoms with Crippen LogP contribution in [0, 0.1) is 0 Å². The molecule has 0 bridgehead atoms. The van der Waals surface area contributed by atoms with Gasteiger partial charge in [0.05, 0.1) is 17.6 Å². The molecule has 4 nitrogen and oxygen atoms in total. The van der Waals surface area contributed by atoms with Crippen LogP contribution in [0.15, 0.2) is 30.5 Å². The number of rotatable bonds is 6. The first-order valence-corrected chi connectivity index (χ1v) is 6.54. The van der Waals surface area contributed by atoms with Crippen LogP contribution in [0.25, 0.3) is 5.69 Å². The predicted octanol–water partition coefficient (Wildman–Crippen LogP) is 2.33. The zero-order valence-corrected chi connectivity index (χ0v) is 11.1. The van der Waals surface area contributed by atoms with Gasteiger partial charge in [0.25, 0.3) is 0 Å². The normalized spacial score (nSPS) is 10.8. The lowest BCUT2D eigenvalue weighted by atomic mass is 10.1. The Morgan fingerprint density at radius 3 is 2.61 bits per heavy atom. The molecule has 18 heavy (non-hydrogen) atoms. The lowest BCUT2D eigenvalue weighted by Gasteiger charge is -2.02. The fraction of sp³-hybridized carbons (Fsp3) is 0.429. The van der Waals surface area contributed by atoms with Gasteiger partial charge in [-0.15, -0.1) is 5.10 Å². The molecule has 96 valence electrons. The molecule has 1 aromatic heterocycles.